The lowest BCUT2D eigenvalue weighted by atomic mass is 10.1. The average molecular weight is 333 g/mol. The minimum absolute atomic E-state index is 0.0138. The number of carbonyl (C=O) groups is 1. The molecule has 0 aliphatic carbocycles. The van der Waals surface area contributed by atoms with Gasteiger partial charge in [0.1, 0.15) is 5.60 Å². The molecule has 0 saturated carbocycles. The summed E-state index contributed by atoms with van der Waals surface area (Å²) in [4.78, 5) is 11.7. The molecule has 0 bridgehead atoms. The van der Waals surface area contributed by atoms with E-state index in [0.29, 0.717) is 0 Å². The first-order valence-electron chi connectivity index (χ1n) is 7.26. The maximum absolute atomic E-state index is 13.3. The van der Waals surface area contributed by atoms with Crippen LogP contribution in [0.3, 0.4) is 0 Å². The summed E-state index contributed by atoms with van der Waals surface area (Å²) in [5.41, 5.74) is -0.559. The monoisotopic (exact) mass is 333 g/mol. The number of esters is 1. The minimum atomic E-state index is -1.56. The summed E-state index contributed by atoms with van der Waals surface area (Å²) in [6, 6.07) is 0.370. The van der Waals surface area contributed by atoms with Crippen LogP contribution >= 0.6 is 0 Å². The van der Waals surface area contributed by atoms with Crippen molar-refractivity contribution in [2.45, 2.75) is 51.8 Å². The van der Waals surface area contributed by atoms with E-state index in [0.717, 1.165) is 12.1 Å². The molecule has 0 aliphatic heterocycles. The second kappa shape index (κ2) is 7.79. The normalized spacial score (nSPS) is 14.4. The summed E-state index contributed by atoms with van der Waals surface area (Å²) in [5.74, 6) is -4.67. The molecule has 2 atom stereocenters. The molecular formula is C16H22F3NO3. The third-order valence-electron chi connectivity index (χ3n) is 2.97. The van der Waals surface area contributed by atoms with Crippen LogP contribution in [0.15, 0.2) is 12.1 Å². The second-order valence-corrected chi connectivity index (χ2v) is 6.39. The molecule has 0 aliphatic rings. The van der Waals surface area contributed by atoms with Gasteiger partial charge in [-0.25, -0.2) is 13.2 Å². The second-order valence-electron chi connectivity index (χ2n) is 6.39. The lowest BCUT2D eigenvalue weighted by Crippen LogP contribution is -2.36. The fourth-order valence-corrected chi connectivity index (χ4v) is 2.07. The first kappa shape index (κ1) is 19.4. The van der Waals surface area contributed by atoms with E-state index in [1.807, 2.05) is 0 Å². The van der Waals surface area contributed by atoms with Gasteiger partial charge in [-0.1, -0.05) is 0 Å². The summed E-state index contributed by atoms with van der Waals surface area (Å²) >= 11 is 0. The lowest BCUT2D eigenvalue weighted by Gasteiger charge is -2.24. The number of aliphatic hydroxyl groups is 1. The summed E-state index contributed by atoms with van der Waals surface area (Å²) in [5, 5.41) is 12.2. The van der Waals surface area contributed by atoms with Gasteiger partial charge >= 0.3 is 5.97 Å². The van der Waals surface area contributed by atoms with Crippen molar-refractivity contribution >= 4 is 5.97 Å². The molecule has 4 nitrogen and oxygen atoms in total. The van der Waals surface area contributed by atoms with Gasteiger partial charge in [0.05, 0.1) is 19.1 Å². The molecule has 0 heterocycles. The Labute approximate surface area is 133 Å². The van der Waals surface area contributed by atoms with Crippen LogP contribution < -0.4 is 5.32 Å². The maximum Gasteiger partial charge on any atom is 0.307 e. The van der Waals surface area contributed by atoms with Crippen molar-refractivity contribution in [2.24, 2.45) is 0 Å². The van der Waals surface area contributed by atoms with Gasteiger partial charge in [-0.2, -0.15) is 0 Å². The lowest BCUT2D eigenvalue weighted by molar-refractivity contribution is -0.155. The predicted octanol–water partition coefficient (Wildman–Crippen LogP) is 2.85. The van der Waals surface area contributed by atoms with Gasteiger partial charge in [-0.3, -0.25) is 4.79 Å². The predicted molar refractivity (Wildman–Crippen MR) is 79.2 cm³/mol. The molecule has 2 unspecified atom stereocenters. The van der Waals surface area contributed by atoms with Crippen molar-refractivity contribution in [2.75, 3.05) is 6.61 Å². The number of aliphatic hydroxyl groups excluding tert-OH is 1. The van der Waals surface area contributed by atoms with Crippen molar-refractivity contribution in [1.82, 2.24) is 5.32 Å². The summed E-state index contributed by atoms with van der Waals surface area (Å²) in [7, 11) is 0. The Bertz CT molecular complexity index is 535. The zero-order valence-electron chi connectivity index (χ0n) is 13.6. The minimum Gasteiger partial charge on any atom is -0.460 e. The van der Waals surface area contributed by atoms with Gasteiger partial charge < -0.3 is 15.2 Å². The van der Waals surface area contributed by atoms with Crippen molar-refractivity contribution in [1.29, 1.82) is 0 Å². The standard InChI is InChI=1S/C16H22F3NO3/c1-9(5-14(22)23-16(2,3)4)20-13(8-21)10-6-11(17)15(19)12(18)7-10/h6-7,9,13,20-21H,5,8H2,1-4H3. The van der Waals surface area contributed by atoms with E-state index in [2.05, 4.69) is 5.32 Å². The third kappa shape index (κ3) is 6.19. The van der Waals surface area contributed by atoms with Gasteiger partial charge in [0.25, 0.3) is 0 Å². The Morgan fingerprint density at radius 1 is 1.26 bits per heavy atom. The van der Waals surface area contributed by atoms with E-state index < -0.39 is 47.7 Å². The smallest absolute Gasteiger partial charge is 0.307 e. The molecule has 1 aromatic carbocycles. The highest BCUT2D eigenvalue weighted by Crippen LogP contribution is 2.20. The Morgan fingerprint density at radius 2 is 1.78 bits per heavy atom. The zero-order valence-corrected chi connectivity index (χ0v) is 13.6. The molecule has 0 radical (unpaired) electrons. The van der Waals surface area contributed by atoms with Crippen molar-refractivity contribution in [3.05, 3.63) is 35.1 Å². The molecule has 7 heteroatoms. The van der Waals surface area contributed by atoms with E-state index in [1.54, 1.807) is 27.7 Å². The highest BCUT2D eigenvalue weighted by atomic mass is 19.2. The summed E-state index contributed by atoms with van der Waals surface area (Å²) < 4.78 is 44.7. The van der Waals surface area contributed by atoms with E-state index in [1.165, 1.54) is 0 Å². The van der Waals surface area contributed by atoms with Crippen LogP contribution in [0.25, 0.3) is 0 Å². The number of hydrogen-bond donors (Lipinski definition) is 2. The summed E-state index contributed by atoms with van der Waals surface area (Å²) in [6.07, 6.45) is 0.0138. The molecule has 0 fully saturated rings. The van der Waals surface area contributed by atoms with Crippen LogP contribution in [-0.2, 0) is 9.53 Å². The fraction of sp³-hybridized carbons (Fsp3) is 0.562. The van der Waals surface area contributed by atoms with Gasteiger partial charge in [0.2, 0.25) is 0 Å². The van der Waals surface area contributed by atoms with Gasteiger partial charge in [0.15, 0.2) is 17.5 Å². The fourth-order valence-electron chi connectivity index (χ4n) is 2.07. The third-order valence-corrected chi connectivity index (χ3v) is 2.97. The molecule has 0 saturated heterocycles. The van der Waals surface area contributed by atoms with Crippen LogP contribution in [0.5, 0.6) is 0 Å². The molecule has 23 heavy (non-hydrogen) atoms. The van der Waals surface area contributed by atoms with Crippen LogP contribution in [0.1, 0.15) is 45.7 Å². The molecule has 1 aromatic rings. The molecule has 0 aromatic heterocycles. The van der Waals surface area contributed by atoms with Crippen LogP contribution in [0, 0.1) is 17.5 Å². The summed E-state index contributed by atoms with van der Waals surface area (Å²) in [6.45, 7) is 6.42. The Morgan fingerprint density at radius 3 is 2.22 bits per heavy atom. The number of ether oxygens (including phenoxy) is 1. The first-order chi connectivity index (χ1) is 10.5. The van der Waals surface area contributed by atoms with Crippen molar-refractivity contribution in [3.8, 4) is 0 Å². The average Bonchev–Trinajstić information content (AvgIpc) is 2.39. The Balaban J connectivity index is 2.74. The molecule has 1 rings (SSSR count). The van der Waals surface area contributed by atoms with Crippen LogP contribution in [0.2, 0.25) is 0 Å². The highest BCUT2D eigenvalue weighted by molar-refractivity contribution is 5.70. The zero-order chi connectivity index (χ0) is 17.8. The molecular weight excluding hydrogens is 311 g/mol. The van der Waals surface area contributed by atoms with E-state index in [9.17, 15) is 23.1 Å². The van der Waals surface area contributed by atoms with Crippen molar-refractivity contribution in [3.63, 3.8) is 0 Å². The number of halogens is 3. The molecule has 130 valence electrons. The molecule has 0 spiro atoms. The van der Waals surface area contributed by atoms with Gasteiger partial charge in [0, 0.05) is 6.04 Å². The quantitative estimate of drug-likeness (QED) is 0.621. The largest absolute Gasteiger partial charge is 0.460 e. The topological polar surface area (TPSA) is 58.6 Å². The number of nitrogens with one attached hydrogen (secondary N) is 1. The molecule has 2 N–H and O–H groups in total. The van der Waals surface area contributed by atoms with Gasteiger partial charge in [-0.15, -0.1) is 0 Å². The van der Waals surface area contributed by atoms with E-state index >= 15 is 0 Å². The number of hydrogen-bond acceptors (Lipinski definition) is 4. The van der Waals surface area contributed by atoms with Crippen molar-refractivity contribution < 1.29 is 27.8 Å². The Kier molecular flexibility index (Phi) is 6.58. The number of carbonyl (C=O) groups excluding carboxylic acids is 1. The van der Waals surface area contributed by atoms with Crippen LogP contribution in [-0.4, -0.2) is 29.3 Å². The van der Waals surface area contributed by atoms with Gasteiger partial charge in [-0.05, 0) is 45.4 Å². The van der Waals surface area contributed by atoms with E-state index in [4.69, 9.17) is 4.74 Å². The maximum atomic E-state index is 13.3. The SMILES string of the molecule is CC(CC(=O)OC(C)(C)C)NC(CO)c1cc(F)c(F)c(F)c1. The molecule has 0 amide bonds. The first-order valence-corrected chi connectivity index (χ1v) is 7.26. The number of rotatable bonds is 6. The number of benzene rings is 1. The highest BCUT2D eigenvalue weighted by Gasteiger charge is 2.22. The van der Waals surface area contributed by atoms with Crippen LogP contribution in [0.4, 0.5) is 13.2 Å². The Hall–Kier alpha value is -1.60. The van der Waals surface area contributed by atoms with E-state index in [-0.39, 0.29) is 12.0 Å².